The fourth-order valence-electron chi connectivity index (χ4n) is 2.02. The molecule has 0 aromatic rings. The first kappa shape index (κ1) is 13.4. The molecule has 0 aromatic carbocycles. The van der Waals surface area contributed by atoms with Crippen LogP contribution in [0.25, 0.3) is 0 Å². The highest BCUT2D eigenvalue weighted by atomic mass is 31.1. The molecule has 1 heterocycles. The van der Waals surface area contributed by atoms with Gasteiger partial charge in [-0.2, -0.15) is 0 Å². The van der Waals surface area contributed by atoms with E-state index in [0.29, 0.717) is 11.1 Å². The molecule has 90 valence electrons. The predicted molar refractivity (Wildman–Crippen MR) is 70.4 cm³/mol. The van der Waals surface area contributed by atoms with Crippen molar-refractivity contribution in [2.24, 2.45) is 0 Å². The molecule has 0 radical (unpaired) electrons. The fraction of sp³-hybridized carbons (Fsp3) is 1.00. The van der Waals surface area contributed by atoms with E-state index in [4.69, 9.17) is 0 Å². The molecule has 1 fully saturated rings. The molecule has 1 aliphatic heterocycles. The Morgan fingerprint density at radius 3 is 1.93 bits per heavy atom. The fourth-order valence-corrected chi connectivity index (χ4v) is 3.44. The van der Waals surface area contributed by atoms with Crippen LogP contribution in [-0.2, 0) is 0 Å². The van der Waals surface area contributed by atoms with Crippen molar-refractivity contribution in [3.05, 3.63) is 0 Å². The van der Waals surface area contributed by atoms with Crippen LogP contribution < -0.4 is 0 Å². The summed E-state index contributed by atoms with van der Waals surface area (Å²) in [5, 5.41) is 0. The van der Waals surface area contributed by atoms with Crippen LogP contribution in [0.2, 0.25) is 0 Å². The lowest BCUT2D eigenvalue weighted by Crippen LogP contribution is -2.51. The van der Waals surface area contributed by atoms with E-state index in [1.165, 1.54) is 13.0 Å². The molecule has 1 aliphatic rings. The van der Waals surface area contributed by atoms with E-state index in [1.807, 2.05) is 0 Å². The van der Waals surface area contributed by atoms with E-state index >= 15 is 0 Å². The third-order valence-corrected chi connectivity index (χ3v) is 5.44. The maximum atomic E-state index is 2.64. The molecule has 0 amide bonds. The van der Waals surface area contributed by atoms with Crippen LogP contribution in [0, 0.1) is 0 Å². The first-order chi connectivity index (χ1) is 6.62. The van der Waals surface area contributed by atoms with Crippen molar-refractivity contribution in [3.8, 4) is 0 Å². The summed E-state index contributed by atoms with van der Waals surface area (Å²) in [4.78, 5) is 0. The second-order valence-electron chi connectivity index (χ2n) is 6.60. The van der Waals surface area contributed by atoms with Gasteiger partial charge in [0.1, 0.15) is 0 Å². The van der Waals surface area contributed by atoms with Crippen molar-refractivity contribution < 1.29 is 0 Å². The lowest BCUT2D eigenvalue weighted by molar-refractivity contribution is 0.135. The highest BCUT2D eigenvalue weighted by Gasteiger charge is 2.35. The number of rotatable bonds is 0. The minimum atomic E-state index is 0.293. The Hall–Kier alpha value is 0.350. The molecule has 2 unspecified atom stereocenters. The maximum absolute atomic E-state index is 2.64. The number of hydrogen-bond acceptors (Lipinski definition) is 2. The Balaban J connectivity index is 2.73. The SMILES string of the molecule is CC1CCN(C(C)(C)C)PN1C(C)(C)C. The number of hydrogen-bond donors (Lipinski definition) is 0. The van der Waals surface area contributed by atoms with Gasteiger partial charge < -0.3 is 0 Å². The van der Waals surface area contributed by atoms with Crippen LogP contribution in [-0.4, -0.2) is 33.0 Å². The van der Waals surface area contributed by atoms with Gasteiger partial charge in [-0.1, -0.05) is 0 Å². The molecule has 3 heteroatoms. The second-order valence-corrected chi connectivity index (χ2v) is 7.82. The standard InChI is InChI=1S/C12H27N2P/c1-10-8-9-13(11(2,3)4)15-14(10)12(5,6)7/h10,15H,8-9H2,1-7H3. The Bertz CT molecular complexity index is 215. The summed E-state index contributed by atoms with van der Waals surface area (Å²) in [6.07, 6.45) is 1.29. The Morgan fingerprint density at radius 1 is 1.00 bits per heavy atom. The average molecular weight is 230 g/mol. The maximum Gasteiger partial charge on any atom is 0.0252 e. The van der Waals surface area contributed by atoms with Crippen LogP contribution in [0.1, 0.15) is 54.9 Å². The third-order valence-electron chi connectivity index (χ3n) is 2.97. The lowest BCUT2D eigenvalue weighted by Gasteiger charge is -2.50. The molecule has 0 bridgehead atoms. The van der Waals surface area contributed by atoms with Gasteiger partial charge >= 0.3 is 0 Å². The van der Waals surface area contributed by atoms with Gasteiger partial charge in [0.2, 0.25) is 0 Å². The van der Waals surface area contributed by atoms with E-state index < -0.39 is 0 Å². The molecule has 2 atom stereocenters. The van der Waals surface area contributed by atoms with Crippen molar-refractivity contribution in [2.45, 2.75) is 72.0 Å². The van der Waals surface area contributed by atoms with Crippen molar-refractivity contribution in [1.29, 1.82) is 0 Å². The predicted octanol–water partition coefficient (Wildman–Crippen LogP) is 3.49. The quantitative estimate of drug-likeness (QED) is 0.588. The highest BCUT2D eigenvalue weighted by molar-refractivity contribution is 7.32. The molecular formula is C12H27N2P. The van der Waals surface area contributed by atoms with Gasteiger partial charge in [-0.15, -0.1) is 0 Å². The van der Waals surface area contributed by atoms with E-state index in [-0.39, 0.29) is 0 Å². The summed E-state index contributed by atoms with van der Waals surface area (Å²) < 4.78 is 5.25. The van der Waals surface area contributed by atoms with Crippen molar-refractivity contribution >= 4 is 8.88 Å². The summed E-state index contributed by atoms with van der Waals surface area (Å²) >= 11 is 0. The largest absolute Gasteiger partial charge is 0.267 e. The minimum absolute atomic E-state index is 0.293. The van der Waals surface area contributed by atoms with Crippen LogP contribution in [0.5, 0.6) is 0 Å². The van der Waals surface area contributed by atoms with E-state index in [0.717, 1.165) is 14.9 Å². The van der Waals surface area contributed by atoms with Crippen molar-refractivity contribution in [1.82, 2.24) is 9.34 Å². The Kier molecular flexibility index (Phi) is 3.86. The van der Waals surface area contributed by atoms with Crippen molar-refractivity contribution in [3.63, 3.8) is 0 Å². The molecular weight excluding hydrogens is 203 g/mol. The topological polar surface area (TPSA) is 6.48 Å². The smallest absolute Gasteiger partial charge is 0.0252 e. The highest BCUT2D eigenvalue weighted by Crippen LogP contribution is 2.42. The minimum Gasteiger partial charge on any atom is -0.267 e. The second kappa shape index (κ2) is 4.31. The summed E-state index contributed by atoms with van der Waals surface area (Å²) in [5.41, 5.74) is 0.601. The monoisotopic (exact) mass is 230 g/mol. The molecule has 0 saturated carbocycles. The first-order valence-electron chi connectivity index (χ1n) is 5.95. The summed E-state index contributed by atoms with van der Waals surface area (Å²) in [5.74, 6) is 0. The van der Waals surface area contributed by atoms with Crippen LogP contribution in [0.15, 0.2) is 0 Å². The van der Waals surface area contributed by atoms with Gasteiger partial charge in [-0.3, -0.25) is 9.34 Å². The molecule has 2 nitrogen and oxygen atoms in total. The zero-order chi connectivity index (χ0) is 11.9. The normalized spacial score (nSPS) is 28.6. The van der Waals surface area contributed by atoms with Gasteiger partial charge in [0.05, 0.1) is 0 Å². The van der Waals surface area contributed by atoms with Gasteiger partial charge in [-0.25, -0.2) is 0 Å². The zero-order valence-corrected chi connectivity index (χ0v) is 12.4. The van der Waals surface area contributed by atoms with Crippen molar-refractivity contribution in [2.75, 3.05) is 6.54 Å². The molecule has 0 aromatic heterocycles. The lowest BCUT2D eigenvalue weighted by atomic mass is 10.0. The first-order valence-corrected chi connectivity index (χ1v) is 6.85. The van der Waals surface area contributed by atoms with Gasteiger partial charge in [0.15, 0.2) is 0 Å². The number of nitrogens with zero attached hydrogens (tertiary/aromatic N) is 2. The van der Waals surface area contributed by atoms with Gasteiger partial charge in [0, 0.05) is 32.5 Å². The molecule has 1 rings (SSSR count). The molecule has 15 heavy (non-hydrogen) atoms. The van der Waals surface area contributed by atoms with E-state index in [1.54, 1.807) is 0 Å². The van der Waals surface area contributed by atoms with Gasteiger partial charge in [0.25, 0.3) is 0 Å². The molecule has 1 saturated heterocycles. The van der Waals surface area contributed by atoms with Crippen LogP contribution in [0.3, 0.4) is 0 Å². The molecule has 0 N–H and O–H groups in total. The Morgan fingerprint density at radius 2 is 1.53 bits per heavy atom. The average Bonchev–Trinajstić information content (AvgIpc) is 2.00. The van der Waals surface area contributed by atoms with E-state index in [2.05, 4.69) is 57.8 Å². The van der Waals surface area contributed by atoms with E-state index in [9.17, 15) is 0 Å². The van der Waals surface area contributed by atoms with Crippen LogP contribution >= 0.6 is 8.88 Å². The molecule has 0 aliphatic carbocycles. The molecule has 0 spiro atoms. The third kappa shape index (κ3) is 3.41. The van der Waals surface area contributed by atoms with Gasteiger partial charge in [-0.05, 0) is 54.9 Å². The zero-order valence-electron chi connectivity index (χ0n) is 11.4. The summed E-state index contributed by atoms with van der Waals surface area (Å²) in [6.45, 7) is 17.5. The summed E-state index contributed by atoms with van der Waals surface area (Å²) in [7, 11) is 0.834. The summed E-state index contributed by atoms with van der Waals surface area (Å²) in [6, 6.07) is 0.724. The van der Waals surface area contributed by atoms with Crippen LogP contribution in [0.4, 0.5) is 0 Å². The Labute approximate surface area is 97.3 Å².